The first-order valence-electron chi connectivity index (χ1n) is 16.8. The Bertz CT molecular complexity index is 1790. The number of benzene rings is 6. The van der Waals surface area contributed by atoms with Gasteiger partial charge in [0.05, 0.1) is 0 Å². The number of hydrogen-bond acceptors (Lipinski definition) is 4. The number of aryl methyl sites for hydroxylation is 2. The second-order valence-corrected chi connectivity index (χ2v) is 12.1. The van der Waals surface area contributed by atoms with Gasteiger partial charge in [0.1, 0.15) is 23.0 Å². The summed E-state index contributed by atoms with van der Waals surface area (Å²) in [6.45, 7) is 4.35. The number of phenols is 4. The largest absolute Gasteiger partial charge is 0.508 e. The summed E-state index contributed by atoms with van der Waals surface area (Å²) >= 11 is 0. The van der Waals surface area contributed by atoms with Gasteiger partial charge in [-0.3, -0.25) is 0 Å². The molecule has 0 spiro atoms. The van der Waals surface area contributed by atoms with Crippen LogP contribution in [0, 0.1) is 0 Å². The Morgan fingerprint density at radius 3 is 1.04 bits per heavy atom. The third-order valence-electron chi connectivity index (χ3n) is 8.53. The monoisotopic (exact) mass is 636 g/mol. The van der Waals surface area contributed by atoms with Crippen molar-refractivity contribution in [3.8, 4) is 67.5 Å². The molecule has 4 heteroatoms. The standard InChI is InChI=1S/C24H18O2.C20H26O2/c25-19-11-13-21(23(15-19)17-7-3-1-4-8-17)22-14-12-20(26)16-24(22)18-9-5-2-6-10-18;1-3-5-7-15-13-17(21)9-11-19(15)20-12-10-18(22)14-16(20)8-6-4-2/h1-16,25-26H;9-14,21-22H,3-8H2,1-2H3. The van der Waals surface area contributed by atoms with Crippen molar-refractivity contribution in [1.29, 1.82) is 0 Å². The molecule has 48 heavy (non-hydrogen) atoms. The lowest BCUT2D eigenvalue weighted by Gasteiger charge is -2.15. The first kappa shape index (κ1) is 33.9. The van der Waals surface area contributed by atoms with Crippen molar-refractivity contribution in [1.82, 2.24) is 0 Å². The number of phenolic OH excluding ortho intramolecular Hbond substituents is 4. The quantitative estimate of drug-likeness (QED) is 0.121. The Labute approximate surface area is 284 Å². The molecule has 0 unspecified atom stereocenters. The summed E-state index contributed by atoms with van der Waals surface area (Å²) in [5.41, 5.74) is 10.7. The van der Waals surface area contributed by atoms with Crippen LogP contribution in [-0.4, -0.2) is 20.4 Å². The molecule has 0 aliphatic rings. The van der Waals surface area contributed by atoms with Crippen LogP contribution in [-0.2, 0) is 12.8 Å². The maximum atomic E-state index is 10.0. The molecule has 4 nitrogen and oxygen atoms in total. The SMILES string of the molecule is CCCCc1cc(O)ccc1-c1ccc(O)cc1CCCC.Oc1ccc(-c2ccc(O)cc2-c2ccccc2)c(-c2ccccc2)c1. The van der Waals surface area contributed by atoms with Crippen molar-refractivity contribution in [2.24, 2.45) is 0 Å². The third-order valence-corrected chi connectivity index (χ3v) is 8.53. The summed E-state index contributed by atoms with van der Waals surface area (Å²) in [5, 5.41) is 39.7. The number of rotatable bonds is 10. The minimum atomic E-state index is 0.229. The summed E-state index contributed by atoms with van der Waals surface area (Å²) in [6, 6.07) is 42.1. The van der Waals surface area contributed by atoms with E-state index in [1.54, 1.807) is 36.4 Å². The first-order valence-corrected chi connectivity index (χ1v) is 16.8. The smallest absolute Gasteiger partial charge is 0.116 e. The van der Waals surface area contributed by atoms with Gasteiger partial charge in [-0.1, -0.05) is 112 Å². The molecule has 0 saturated heterocycles. The molecule has 0 amide bonds. The van der Waals surface area contributed by atoms with E-state index in [0.717, 1.165) is 71.9 Å². The maximum Gasteiger partial charge on any atom is 0.116 e. The average molecular weight is 637 g/mol. The fourth-order valence-corrected chi connectivity index (χ4v) is 6.08. The van der Waals surface area contributed by atoms with E-state index in [-0.39, 0.29) is 11.5 Å². The van der Waals surface area contributed by atoms with Crippen LogP contribution in [0.25, 0.3) is 44.5 Å². The number of aromatic hydroxyl groups is 4. The minimum absolute atomic E-state index is 0.229. The molecule has 6 aromatic carbocycles. The van der Waals surface area contributed by atoms with Gasteiger partial charge in [-0.2, -0.15) is 0 Å². The third kappa shape index (κ3) is 8.45. The molecule has 0 saturated carbocycles. The van der Waals surface area contributed by atoms with Gasteiger partial charge in [-0.25, -0.2) is 0 Å². The van der Waals surface area contributed by atoms with Gasteiger partial charge in [-0.05, 0) is 130 Å². The lowest BCUT2D eigenvalue weighted by Crippen LogP contribution is -1.95. The molecule has 0 aromatic heterocycles. The number of hydrogen-bond donors (Lipinski definition) is 4. The molecule has 0 atom stereocenters. The lowest BCUT2D eigenvalue weighted by atomic mass is 9.89. The molecule has 0 aliphatic heterocycles. The summed E-state index contributed by atoms with van der Waals surface area (Å²) in [5.74, 6) is 1.10. The van der Waals surface area contributed by atoms with E-state index >= 15 is 0 Å². The van der Waals surface area contributed by atoms with Crippen molar-refractivity contribution in [3.63, 3.8) is 0 Å². The van der Waals surface area contributed by atoms with Crippen LogP contribution in [0.3, 0.4) is 0 Å². The minimum Gasteiger partial charge on any atom is -0.508 e. The van der Waals surface area contributed by atoms with E-state index in [0.29, 0.717) is 11.5 Å². The zero-order valence-electron chi connectivity index (χ0n) is 27.7. The van der Waals surface area contributed by atoms with Gasteiger partial charge in [0, 0.05) is 0 Å². The normalized spacial score (nSPS) is 10.7. The molecular weight excluding hydrogens is 592 g/mol. The van der Waals surface area contributed by atoms with Gasteiger partial charge in [0.15, 0.2) is 0 Å². The van der Waals surface area contributed by atoms with Crippen molar-refractivity contribution in [2.45, 2.75) is 52.4 Å². The van der Waals surface area contributed by atoms with Crippen LogP contribution in [0.1, 0.15) is 50.7 Å². The van der Waals surface area contributed by atoms with Gasteiger partial charge in [0.25, 0.3) is 0 Å². The van der Waals surface area contributed by atoms with Crippen molar-refractivity contribution < 1.29 is 20.4 Å². The Morgan fingerprint density at radius 2 is 0.688 bits per heavy atom. The predicted molar refractivity (Wildman–Crippen MR) is 199 cm³/mol. The molecule has 0 fully saturated rings. The molecular formula is C44H44O4. The van der Waals surface area contributed by atoms with E-state index in [1.165, 1.54) is 22.3 Å². The van der Waals surface area contributed by atoms with Gasteiger partial charge < -0.3 is 20.4 Å². The van der Waals surface area contributed by atoms with Crippen LogP contribution in [0.4, 0.5) is 0 Å². The van der Waals surface area contributed by atoms with E-state index in [4.69, 9.17) is 0 Å². The summed E-state index contributed by atoms with van der Waals surface area (Å²) in [6.07, 6.45) is 6.42. The molecule has 244 valence electrons. The Kier molecular flexibility index (Phi) is 11.6. The number of unbranched alkanes of at least 4 members (excludes halogenated alkanes) is 2. The topological polar surface area (TPSA) is 80.9 Å². The first-order chi connectivity index (χ1) is 23.4. The summed E-state index contributed by atoms with van der Waals surface area (Å²) < 4.78 is 0. The second-order valence-electron chi connectivity index (χ2n) is 12.1. The average Bonchev–Trinajstić information content (AvgIpc) is 3.11. The summed E-state index contributed by atoms with van der Waals surface area (Å²) in [4.78, 5) is 0. The molecule has 0 heterocycles. The van der Waals surface area contributed by atoms with Gasteiger partial charge >= 0.3 is 0 Å². The van der Waals surface area contributed by atoms with Crippen LogP contribution in [0.15, 0.2) is 133 Å². The highest BCUT2D eigenvalue weighted by Gasteiger charge is 2.15. The molecule has 0 bridgehead atoms. The second kappa shape index (κ2) is 16.4. The molecule has 4 N–H and O–H groups in total. The highest BCUT2D eigenvalue weighted by molar-refractivity contribution is 5.92. The van der Waals surface area contributed by atoms with Crippen LogP contribution >= 0.6 is 0 Å². The highest BCUT2D eigenvalue weighted by Crippen LogP contribution is 2.41. The van der Waals surface area contributed by atoms with Crippen molar-refractivity contribution in [2.75, 3.05) is 0 Å². The van der Waals surface area contributed by atoms with E-state index < -0.39 is 0 Å². The zero-order valence-corrected chi connectivity index (χ0v) is 27.7. The maximum absolute atomic E-state index is 10.0. The highest BCUT2D eigenvalue weighted by atomic mass is 16.3. The summed E-state index contributed by atoms with van der Waals surface area (Å²) in [7, 11) is 0. The zero-order chi connectivity index (χ0) is 33.9. The molecule has 0 aliphatic carbocycles. The van der Waals surface area contributed by atoms with Crippen LogP contribution in [0.2, 0.25) is 0 Å². The van der Waals surface area contributed by atoms with Gasteiger partial charge in [0.2, 0.25) is 0 Å². The fourth-order valence-electron chi connectivity index (χ4n) is 6.08. The lowest BCUT2D eigenvalue weighted by molar-refractivity contribution is 0.473. The molecule has 6 rings (SSSR count). The Hall–Kier alpha value is -5.48. The van der Waals surface area contributed by atoms with Crippen molar-refractivity contribution in [3.05, 3.63) is 145 Å². The van der Waals surface area contributed by atoms with Gasteiger partial charge in [-0.15, -0.1) is 0 Å². The molecule has 0 radical (unpaired) electrons. The predicted octanol–water partition coefficient (Wildman–Crippen LogP) is 11.5. The van der Waals surface area contributed by atoms with Crippen molar-refractivity contribution >= 4 is 0 Å². The Balaban J connectivity index is 0.000000191. The van der Waals surface area contributed by atoms with E-state index in [2.05, 4.69) is 13.8 Å². The van der Waals surface area contributed by atoms with Crippen LogP contribution < -0.4 is 0 Å². The fraction of sp³-hybridized carbons (Fsp3) is 0.182. The van der Waals surface area contributed by atoms with Crippen LogP contribution in [0.5, 0.6) is 23.0 Å². The Morgan fingerprint density at radius 1 is 0.354 bits per heavy atom. The molecule has 6 aromatic rings. The van der Waals surface area contributed by atoms with E-state index in [9.17, 15) is 20.4 Å². The van der Waals surface area contributed by atoms with E-state index in [1.807, 2.05) is 97.1 Å².